The van der Waals surface area contributed by atoms with E-state index in [1.165, 1.54) is 13.1 Å². The largest absolute Gasteiger partial charge is 0.355 e. The van der Waals surface area contributed by atoms with Crippen molar-refractivity contribution in [1.82, 2.24) is 20.6 Å². The van der Waals surface area contributed by atoms with Gasteiger partial charge in [-0.2, -0.15) is 0 Å². The first-order valence-corrected chi connectivity index (χ1v) is 7.26. The second kappa shape index (κ2) is 7.21. The van der Waals surface area contributed by atoms with E-state index < -0.39 is 0 Å². The maximum atomic E-state index is 12.1. The first kappa shape index (κ1) is 15.5. The predicted octanol–water partition coefficient (Wildman–Crippen LogP) is 0.596. The van der Waals surface area contributed by atoms with Gasteiger partial charge in [-0.25, -0.2) is 9.97 Å². The minimum absolute atomic E-state index is 0.138. The van der Waals surface area contributed by atoms with Gasteiger partial charge >= 0.3 is 0 Å². The summed E-state index contributed by atoms with van der Waals surface area (Å²) >= 11 is 5.99. The first-order valence-electron chi connectivity index (χ1n) is 6.88. The van der Waals surface area contributed by atoms with Gasteiger partial charge in [0.2, 0.25) is 11.9 Å². The Balaban J connectivity index is 1.98. The van der Waals surface area contributed by atoms with Crippen molar-refractivity contribution in [3.63, 3.8) is 0 Å². The van der Waals surface area contributed by atoms with E-state index >= 15 is 0 Å². The van der Waals surface area contributed by atoms with Gasteiger partial charge in [0.25, 0.3) is 5.91 Å². The third-order valence-corrected chi connectivity index (χ3v) is 3.40. The fourth-order valence-electron chi connectivity index (χ4n) is 2.08. The summed E-state index contributed by atoms with van der Waals surface area (Å²) < 4.78 is 0. The van der Waals surface area contributed by atoms with E-state index in [2.05, 4.69) is 20.6 Å². The highest BCUT2D eigenvalue weighted by Gasteiger charge is 2.19. The molecule has 2 rings (SSSR count). The van der Waals surface area contributed by atoms with Gasteiger partial charge in [0.05, 0.1) is 11.2 Å². The van der Waals surface area contributed by atoms with Crippen LogP contribution in [0.4, 0.5) is 5.95 Å². The summed E-state index contributed by atoms with van der Waals surface area (Å²) in [5, 5.41) is 5.48. The molecule has 0 aromatic carbocycles. The standard InChI is InChI=1S/C13H18ClN5O2/c1-9(20)15-4-5-16-12(21)11-10(14)8-17-13(18-11)19-6-2-3-7-19/h8H,2-7H2,1H3,(H,15,20)(H,16,21). The highest BCUT2D eigenvalue weighted by molar-refractivity contribution is 6.33. The van der Waals surface area contributed by atoms with Gasteiger partial charge in [-0.3, -0.25) is 9.59 Å². The van der Waals surface area contributed by atoms with Crippen molar-refractivity contribution in [1.29, 1.82) is 0 Å². The molecule has 1 aromatic heterocycles. The van der Waals surface area contributed by atoms with Gasteiger partial charge in [0.15, 0.2) is 5.69 Å². The lowest BCUT2D eigenvalue weighted by molar-refractivity contribution is -0.118. The van der Waals surface area contributed by atoms with E-state index in [4.69, 9.17) is 11.6 Å². The molecule has 0 spiro atoms. The predicted molar refractivity (Wildman–Crippen MR) is 79.5 cm³/mol. The van der Waals surface area contributed by atoms with Crippen LogP contribution in [0.2, 0.25) is 5.02 Å². The molecule has 0 radical (unpaired) electrons. The quantitative estimate of drug-likeness (QED) is 0.777. The Morgan fingerprint density at radius 2 is 1.95 bits per heavy atom. The molecule has 0 atom stereocenters. The molecule has 0 aliphatic carbocycles. The van der Waals surface area contributed by atoms with E-state index in [0.29, 0.717) is 19.0 Å². The zero-order valence-corrected chi connectivity index (χ0v) is 12.6. The summed E-state index contributed by atoms with van der Waals surface area (Å²) in [6.45, 7) is 3.89. The van der Waals surface area contributed by atoms with Crippen molar-refractivity contribution >= 4 is 29.4 Å². The molecule has 114 valence electrons. The first-order chi connectivity index (χ1) is 10.1. The Bertz CT molecular complexity index is 531. The number of rotatable bonds is 5. The molecule has 1 aliphatic heterocycles. The maximum absolute atomic E-state index is 12.1. The number of amides is 2. The Labute approximate surface area is 128 Å². The van der Waals surface area contributed by atoms with Crippen LogP contribution < -0.4 is 15.5 Å². The molecular formula is C13H18ClN5O2. The minimum atomic E-state index is -0.367. The molecule has 7 nitrogen and oxygen atoms in total. The van der Waals surface area contributed by atoms with Crippen molar-refractivity contribution in [2.24, 2.45) is 0 Å². The molecule has 2 heterocycles. The summed E-state index contributed by atoms with van der Waals surface area (Å²) in [6.07, 6.45) is 3.65. The molecule has 2 N–H and O–H groups in total. The van der Waals surface area contributed by atoms with Gasteiger partial charge in [-0.1, -0.05) is 11.6 Å². The molecule has 0 unspecified atom stereocenters. The van der Waals surface area contributed by atoms with E-state index in [1.807, 2.05) is 4.90 Å². The van der Waals surface area contributed by atoms with Gasteiger partial charge in [0.1, 0.15) is 0 Å². The van der Waals surface area contributed by atoms with Crippen molar-refractivity contribution in [2.45, 2.75) is 19.8 Å². The lowest BCUT2D eigenvalue weighted by atomic mass is 10.3. The van der Waals surface area contributed by atoms with Gasteiger partial charge in [-0.15, -0.1) is 0 Å². The molecule has 0 saturated carbocycles. The Morgan fingerprint density at radius 3 is 2.62 bits per heavy atom. The van der Waals surface area contributed by atoms with E-state index in [9.17, 15) is 9.59 Å². The number of hydrogen-bond donors (Lipinski definition) is 2. The lowest BCUT2D eigenvalue weighted by Crippen LogP contribution is -2.34. The molecule has 2 amide bonds. The minimum Gasteiger partial charge on any atom is -0.355 e. The Hall–Kier alpha value is -1.89. The second-order valence-electron chi connectivity index (χ2n) is 4.80. The third-order valence-electron chi connectivity index (χ3n) is 3.12. The molecule has 8 heteroatoms. The van der Waals surface area contributed by atoms with Crippen molar-refractivity contribution in [2.75, 3.05) is 31.1 Å². The maximum Gasteiger partial charge on any atom is 0.271 e. The average molecular weight is 312 g/mol. The number of aromatic nitrogens is 2. The molecule has 21 heavy (non-hydrogen) atoms. The fraction of sp³-hybridized carbons (Fsp3) is 0.538. The molecule has 0 bridgehead atoms. The van der Waals surface area contributed by atoms with Crippen LogP contribution in [-0.4, -0.2) is 48.0 Å². The summed E-state index contributed by atoms with van der Waals surface area (Å²) in [7, 11) is 0. The highest BCUT2D eigenvalue weighted by Crippen LogP contribution is 2.19. The average Bonchev–Trinajstić information content (AvgIpc) is 2.98. The summed E-state index contributed by atoms with van der Waals surface area (Å²) in [6, 6.07) is 0. The van der Waals surface area contributed by atoms with Crippen LogP contribution in [0.3, 0.4) is 0 Å². The fourth-order valence-corrected chi connectivity index (χ4v) is 2.26. The summed E-state index contributed by atoms with van der Waals surface area (Å²) in [5.41, 5.74) is 0.163. The van der Waals surface area contributed by atoms with Crippen LogP contribution in [0.1, 0.15) is 30.3 Å². The van der Waals surface area contributed by atoms with Crippen LogP contribution in [-0.2, 0) is 4.79 Å². The molecule has 1 saturated heterocycles. The number of nitrogens with one attached hydrogen (secondary N) is 2. The zero-order chi connectivity index (χ0) is 15.2. The SMILES string of the molecule is CC(=O)NCCNC(=O)c1nc(N2CCCC2)ncc1Cl. The molecule has 1 aromatic rings. The Kier molecular flexibility index (Phi) is 5.32. The van der Waals surface area contributed by atoms with Crippen LogP contribution in [0.15, 0.2) is 6.20 Å². The van der Waals surface area contributed by atoms with Crippen LogP contribution in [0.25, 0.3) is 0 Å². The smallest absolute Gasteiger partial charge is 0.271 e. The van der Waals surface area contributed by atoms with E-state index in [-0.39, 0.29) is 22.5 Å². The number of carbonyl (C=O) groups is 2. The number of anilines is 1. The monoisotopic (exact) mass is 311 g/mol. The molecule has 1 aliphatic rings. The van der Waals surface area contributed by atoms with Gasteiger partial charge < -0.3 is 15.5 Å². The van der Waals surface area contributed by atoms with Crippen molar-refractivity contribution < 1.29 is 9.59 Å². The van der Waals surface area contributed by atoms with Crippen molar-refractivity contribution in [3.8, 4) is 0 Å². The number of nitrogens with zero attached hydrogens (tertiary/aromatic N) is 3. The van der Waals surface area contributed by atoms with E-state index in [0.717, 1.165) is 25.9 Å². The van der Waals surface area contributed by atoms with E-state index in [1.54, 1.807) is 0 Å². The molecule has 1 fully saturated rings. The van der Waals surface area contributed by atoms with Gasteiger partial charge in [0, 0.05) is 33.1 Å². The normalized spacial score (nSPS) is 14.1. The zero-order valence-electron chi connectivity index (χ0n) is 11.9. The summed E-state index contributed by atoms with van der Waals surface area (Å²) in [5.74, 6) is 0.0257. The second-order valence-corrected chi connectivity index (χ2v) is 5.21. The van der Waals surface area contributed by atoms with Crippen LogP contribution >= 0.6 is 11.6 Å². The topological polar surface area (TPSA) is 87.2 Å². The van der Waals surface area contributed by atoms with Gasteiger partial charge in [-0.05, 0) is 12.8 Å². The van der Waals surface area contributed by atoms with Crippen LogP contribution in [0, 0.1) is 0 Å². The van der Waals surface area contributed by atoms with Crippen LogP contribution in [0.5, 0.6) is 0 Å². The Morgan fingerprint density at radius 1 is 1.29 bits per heavy atom. The number of halogens is 1. The van der Waals surface area contributed by atoms with Crippen molar-refractivity contribution in [3.05, 3.63) is 16.9 Å². The highest BCUT2D eigenvalue weighted by atomic mass is 35.5. The number of hydrogen-bond acceptors (Lipinski definition) is 5. The molecular weight excluding hydrogens is 294 g/mol. The summed E-state index contributed by atoms with van der Waals surface area (Å²) in [4.78, 5) is 33.2. The number of carbonyl (C=O) groups excluding carboxylic acids is 2. The third kappa shape index (κ3) is 4.29. The lowest BCUT2D eigenvalue weighted by Gasteiger charge is -2.16.